The Labute approximate surface area is 115 Å². The van der Waals surface area contributed by atoms with Crippen LogP contribution in [0.15, 0.2) is 42.5 Å². The molecular formula is C18H22O. The third kappa shape index (κ3) is 1.88. The molecule has 1 atom stereocenters. The summed E-state index contributed by atoms with van der Waals surface area (Å²) in [6.45, 7) is 4.40. The number of fused-ring (bicyclic) bond motifs is 1. The molecule has 100 valence electrons. The Balaban J connectivity index is 2.23. The van der Waals surface area contributed by atoms with Crippen LogP contribution in [0, 0.1) is 5.41 Å². The summed E-state index contributed by atoms with van der Waals surface area (Å²) < 4.78 is 0. The largest absolute Gasteiger partial charge is 0.385 e. The molecule has 1 aliphatic rings. The van der Waals surface area contributed by atoms with Gasteiger partial charge in [-0.25, -0.2) is 0 Å². The monoisotopic (exact) mass is 254 g/mol. The summed E-state index contributed by atoms with van der Waals surface area (Å²) in [7, 11) is 0. The first-order valence-corrected chi connectivity index (χ1v) is 7.25. The van der Waals surface area contributed by atoms with Crippen molar-refractivity contribution in [3.05, 3.63) is 48.0 Å². The fourth-order valence-corrected chi connectivity index (χ4v) is 3.58. The number of aliphatic hydroxyl groups is 1. The van der Waals surface area contributed by atoms with Gasteiger partial charge >= 0.3 is 0 Å². The average Bonchev–Trinajstić information content (AvgIpc) is 2.41. The van der Waals surface area contributed by atoms with E-state index in [1.807, 2.05) is 0 Å². The standard InChI is InChI=1S/C18H22O/c1-17(2)12-5-6-13-18(17,19)16-11-7-9-14-8-3-4-10-15(14)16/h3-4,7-11,19H,5-6,12-13H2,1-2H3. The second kappa shape index (κ2) is 4.35. The number of hydrogen-bond donors (Lipinski definition) is 1. The van der Waals surface area contributed by atoms with Crippen molar-refractivity contribution in [2.24, 2.45) is 5.41 Å². The lowest BCUT2D eigenvalue weighted by Gasteiger charge is -2.47. The first-order chi connectivity index (χ1) is 9.05. The van der Waals surface area contributed by atoms with Crippen molar-refractivity contribution in [1.29, 1.82) is 0 Å². The van der Waals surface area contributed by atoms with Crippen LogP contribution in [-0.2, 0) is 5.60 Å². The molecule has 0 saturated heterocycles. The predicted molar refractivity (Wildman–Crippen MR) is 80.1 cm³/mol. The third-order valence-corrected chi connectivity index (χ3v) is 4.95. The van der Waals surface area contributed by atoms with Crippen LogP contribution < -0.4 is 0 Å². The van der Waals surface area contributed by atoms with E-state index >= 15 is 0 Å². The molecule has 2 aromatic rings. The van der Waals surface area contributed by atoms with Crippen molar-refractivity contribution in [2.45, 2.75) is 45.1 Å². The highest BCUT2D eigenvalue weighted by molar-refractivity contribution is 5.86. The number of benzene rings is 2. The molecule has 19 heavy (non-hydrogen) atoms. The van der Waals surface area contributed by atoms with E-state index in [0.29, 0.717) is 0 Å². The molecule has 0 heterocycles. The normalized spacial score (nSPS) is 26.5. The Morgan fingerprint density at radius 1 is 0.895 bits per heavy atom. The molecule has 0 aliphatic heterocycles. The maximum atomic E-state index is 11.4. The first kappa shape index (κ1) is 12.7. The summed E-state index contributed by atoms with van der Waals surface area (Å²) in [6, 6.07) is 14.7. The minimum atomic E-state index is -0.702. The molecular weight excluding hydrogens is 232 g/mol. The van der Waals surface area contributed by atoms with Crippen LogP contribution in [0.25, 0.3) is 10.8 Å². The average molecular weight is 254 g/mol. The van der Waals surface area contributed by atoms with Gasteiger partial charge in [0.1, 0.15) is 0 Å². The smallest absolute Gasteiger partial charge is 0.0953 e. The molecule has 1 aliphatic carbocycles. The summed E-state index contributed by atoms with van der Waals surface area (Å²) in [5.74, 6) is 0. The highest BCUT2D eigenvalue weighted by Gasteiger charge is 2.46. The molecule has 0 aromatic heterocycles. The van der Waals surface area contributed by atoms with E-state index in [9.17, 15) is 5.11 Å². The van der Waals surface area contributed by atoms with Crippen molar-refractivity contribution in [3.63, 3.8) is 0 Å². The highest BCUT2D eigenvalue weighted by Crippen LogP contribution is 2.51. The molecule has 3 rings (SSSR count). The van der Waals surface area contributed by atoms with E-state index in [1.54, 1.807) is 0 Å². The SMILES string of the molecule is CC1(C)CCCCC1(O)c1cccc2ccccc12. The summed E-state index contributed by atoms with van der Waals surface area (Å²) in [5, 5.41) is 13.8. The molecule has 2 aromatic carbocycles. The van der Waals surface area contributed by atoms with Gasteiger partial charge in [-0.1, -0.05) is 69.2 Å². The van der Waals surface area contributed by atoms with Gasteiger partial charge in [0.2, 0.25) is 0 Å². The van der Waals surface area contributed by atoms with Crippen LogP contribution in [0.1, 0.15) is 45.1 Å². The van der Waals surface area contributed by atoms with Gasteiger partial charge in [0.05, 0.1) is 5.60 Å². The van der Waals surface area contributed by atoms with E-state index in [1.165, 1.54) is 17.2 Å². The van der Waals surface area contributed by atoms with Crippen molar-refractivity contribution in [3.8, 4) is 0 Å². The predicted octanol–water partition coefficient (Wildman–Crippen LogP) is 4.63. The van der Waals surface area contributed by atoms with Crippen LogP contribution in [0.4, 0.5) is 0 Å². The number of rotatable bonds is 1. The fourth-order valence-electron chi connectivity index (χ4n) is 3.58. The molecule has 0 radical (unpaired) electrons. The zero-order chi connectivity index (χ0) is 13.5. The lowest BCUT2D eigenvalue weighted by atomic mass is 9.62. The third-order valence-electron chi connectivity index (χ3n) is 4.95. The molecule has 1 nitrogen and oxygen atoms in total. The van der Waals surface area contributed by atoms with Gasteiger partial charge in [0.25, 0.3) is 0 Å². The maximum Gasteiger partial charge on any atom is 0.0953 e. The fraction of sp³-hybridized carbons (Fsp3) is 0.444. The first-order valence-electron chi connectivity index (χ1n) is 7.25. The van der Waals surface area contributed by atoms with E-state index in [0.717, 1.165) is 24.8 Å². The lowest BCUT2D eigenvalue weighted by molar-refractivity contribution is -0.102. The molecule has 1 saturated carbocycles. The van der Waals surface area contributed by atoms with Crippen LogP contribution in [0.5, 0.6) is 0 Å². The zero-order valence-corrected chi connectivity index (χ0v) is 11.8. The quantitative estimate of drug-likeness (QED) is 0.786. The van der Waals surface area contributed by atoms with Crippen LogP contribution in [-0.4, -0.2) is 5.11 Å². The molecule has 0 amide bonds. The van der Waals surface area contributed by atoms with E-state index in [2.05, 4.69) is 56.3 Å². The van der Waals surface area contributed by atoms with Gasteiger partial charge < -0.3 is 5.11 Å². The van der Waals surface area contributed by atoms with Gasteiger partial charge in [-0.15, -0.1) is 0 Å². The summed E-state index contributed by atoms with van der Waals surface area (Å²) in [6.07, 6.45) is 4.30. The van der Waals surface area contributed by atoms with Gasteiger partial charge in [-0.05, 0) is 34.6 Å². The minimum Gasteiger partial charge on any atom is -0.385 e. The van der Waals surface area contributed by atoms with E-state index in [4.69, 9.17) is 0 Å². The van der Waals surface area contributed by atoms with Crippen LogP contribution in [0.2, 0.25) is 0 Å². The minimum absolute atomic E-state index is 0.0601. The van der Waals surface area contributed by atoms with Crippen molar-refractivity contribution in [2.75, 3.05) is 0 Å². The Kier molecular flexibility index (Phi) is 2.90. The summed E-state index contributed by atoms with van der Waals surface area (Å²) >= 11 is 0. The van der Waals surface area contributed by atoms with Gasteiger partial charge in [-0.3, -0.25) is 0 Å². The second-order valence-corrected chi connectivity index (χ2v) is 6.48. The Hall–Kier alpha value is -1.34. The van der Waals surface area contributed by atoms with E-state index in [-0.39, 0.29) is 5.41 Å². The second-order valence-electron chi connectivity index (χ2n) is 6.48. The maximum absolute atomic E-state index is 11.4. The molecule has 1 fully saturated rings. The molecule has 1 heteroatoms. The highest BCUT2D eigenvalue weighted by atomic mass is 16.3. The molecule has 0 bridgehead atoms. The zero-order valence-electron chi connectivity index (χ0n) is 11.8. The van der Waals surface area contributed by atoms with E-state index < -0.39 is 5.60 Å². The molecule has 1 unspecified atom stereocenters. The molecule has 1 N–H and O–H groups in total. The van der Waals surface area contributed by atoms with Crippen LogP contribution in [0.3, 0.4) is 0 Å². The summed E-state index contributed by atoms with van der Waals surface area (Å²) in [5.41, 5.74) is 0.344. The van der Waals surface area contributed by atoms with Gasteiger partial charge in [-0.2, -0.15) is 0 Å². The lowest BCUT2D eigenvalue weighted by Crippen LogP contribution is -2.44. The van der Waals surface area contributed by atoms with Gasteiger partial charge in [0.15, 0.2) is 0 Å². The van der Waals surface area contributed by atoms with Crippen molar-refractivity contribution >= 4 is 10.8 Å². The topological polar surface area (TPSA) is 20.2 Å². The number of hydrogen-bond acceptors (Lipinski definition) is 1. The van der Waals surface area contributed by atoms with Gasteiger partial charge in [0, 0.05) is 0 Å². The molecule has 0 spiro atoms. The van der Waals surface area contributed by atoms with Crippen molar-refractivity contribution < 1.29 is 5.11 Å². The Bertz CT molecular complexity index is 594. The Morgan fingerprint density at radius 3 is 2.37 bits per heavy atom. The summed E-state index contributed by atoms with van der Waals surface area (Å²) in [4.78, 5) is 0. The van der Waals surface area contributed by atoms with Crippen LogP contribution >= 0.6 is 0 Å². The Morgan fingerprint density at radius 2 is 1.58 bits per heavy atom. The van der Waals surface area contributed by atoms with Crippen molar-refractivity contribution in [1.82, 2.24) is 0 Å².